The van der Waals surface area contributed by atoms with E-state index < -0.39 is 16.3 Å². The van der Waals surface area contributed by atoms with Crippen molar-refractivity contribution in [2.75, 3.05) is 7.11 Å². The lowest BCUT2D eigenvalue weighted by molar-refractivity contribution is -0.386. The van der Waals surface area contributed by atoms with Crippen molar-refractivity contribution in [1.82, 2.24) is 0 Å². The van der Waals surface area contributed by atoms with Crippen molar-refractivity contribution in [3.8, 4) is 0 Å². The van der Waals surface area contributed by atoms with Crippen LogP contribution in [0.1, 0.15) is 16.7 Å². The van der Waals surface area contributed by atoms with Crippen LogP contribution in [0.3, 0.4) is 0 Å². The number of hydrogen-bond donors (Lipinski definition) is 0. The van der Waals surface area contributed by atoms with E-state index in [1.807, 2.05) is 60.7 Å². The second-order valence-electron chi connectivity index (χ2n) is 6.67. The molecule has 0 heterocycles. The lowest BCUT2D eigenvalue weighted by Gasteiger charge is -2.31. The molecule has 0 aliphatic heterocycles. The van der Waals surface area contributed by atoms with Gasteiger partial charge in [-0.05, 0) is 24.0 Å². The van der Waals surface area contributed by atoms with E-state index in [2.05, 4.69) is 0 Å². The maximum atomic E-state index is 13.2. The molecule has 0 radical (unpaired) electrons. The van der Waals surface area contributed by atoms with Gasteiger partial charge in [-0.25, -0.2) is 0 Å². The molecule has 0 fully saturated rings. The van der Waals surface area contributed by atoms with E-state index in [0.717, 1.165) is 11.1 Å². The Kier molecular flexibility index (Phi) is 5.84. The fraction of sp³-hybridized carbons (Fsp3) is 0.174. The monoisotopic (exact) mass is 375 g/mol. The Hall–Kier alpha value is -3.47. The molecule has 0 unspecified atom stereocenters. The average molecular weight is 375 g/mol. The quantitative estimate of drug-likeness (QED) is 0.347. The van der Waals surface area contributed by atoms with Gasteiger partial charge in [-0.15, -0.1) is 0 Å². The van der Waals surface area contributed by atoms with E-state index in [4.69, 9.17) is 4.74 Å². The largest absolute Gasteiger partial charge is 0.468 e. The highest BCUT2D eigenvalue weighted by Crippen LogP contribution is 2.39. The zero-order valence-corrected chi connectivity index (χ0v) is 15.6. The number of hydrogen-bond acceptors (Lipinski definition) is 4. The normalized spacial score (nSPS) is 11.0. The van der Waals surface area contributed by atoms with Gasteiger partial charge in [-0.3, -0.25) is 14.9 Å². The first kappa shape index (κ1) is 19.3. The zero-order chi connectivity index (χ0) is 20.0. The number of para-hydroxylation sites is 1. The number of nitro groups is 1. The number of rotatable bonds is 7. The highest BCUT2D eigenvalue weighted by atomic mass is 16.6. The molecule has 0 aliphatic rings. The van der Waals surface area contributed by atoms with Crippen LogP contribution in [0.4, 0.5) is 5.69 Å². The summed E-state index contributed by atoms with van der Waals surface area (Å²) in [5.41, 5.74) is 0.865. The van der Waals surface area contributed by atoms with Gasteiger partial charge in [0.2, 0.25) is 0 Å². The van der Waals surface area contributed by atoms with Gasteiger partial charge in [-0.2, -0.15) is 0 Å². The van der Waals surface area contributed by atoms with Crippen LogP contribution in [0.25, 0.3) is 0 Å². The Morgan fingerprint density at radius 1 is 0.857 bits per heavy atom. The van der Waals surface area contributed by atoms with Crippen molar-refractivity contribution < 1.29 is 14.5 Å². The molecule has 0 aliphatic carbocycles. The summed E-state index contributed by atoms with van der Waals surface area (Å²) in [4.78, 5) is 24.5. The fourth-order valence-corrected chi connectivity index (χ4v) is 3.63. The van der Waals surface area contributed by atoms with E-state index in [1.54, 1.807) is 18.2 Å². The summed E-state index contributed by atoms with van der Waals surface area (Å²) in [5.74, 6) is -0.491. The Bertz CT molecular complexity index is 913. The van der Waals surface area contributed by atoms with Gasteiger partial charge in [-0.1, -0.05) is 78.9 Å². The summed E-state index contributed by atoms with van der Waals surface area (Å²) in [5, 5.41) is 11.7. The van der Waals surface area contributed by atoms with Crippen LogP contribution >= 0.6 is 0 Å². The number of nitrogens with zero attached hydrogens (tertiary/aromatic N) is 1. The second-order valence-corrected chi connectivity index (χ2v) is 6.67. The standard InChI is InChI=1S/C23H21NO4/c1-28-22(25)23(16-18-10-4-2-5-11-18,17-19-12-6-3-7-13-19)20-14-8-9-15-21(20)24(26)27/h2-15H,16-17H2,1H3. The van der Waals surface area contributed by atoms with Crippen LogP contribution < -0.4 is 0 Å². The first-order valence-corrected chi connectivity index (χ1v) is 8.97. The molecule has 0 amide bonds. The molecular formula is C23H21NO4. The summed E-state index contributed by atoms with van der Waals surface area (Å²) in [6.07, 6.45) is 0.584. The van der Waals surface area contributed by atoms with Crippen LogP contribution in [-0.4, -0.2) is 18.0 Å². The second kappa shape index (κ2) is 8.48. The van der Waals surface area contributed by atoms with Gasteiger partial charge >= 0.3 is 5.97 Å². The average Bonchev–Trinajstić information content (AvgIpc) is 2.74. The minimum absolute atomic E-state index is 0.0836. The van der Waals surface area contributed by atoms with Gasteiger partial charge in [0.05, 0.1) is 12.0 Å². The van der Waals surface area contributed by atoms with Gasteiger partial charge < -0.3 is 4.74 Å². The third kappa shape index (κ3) is 3.93. The van der Waals surface area contributed by atoms with E-state index in [-0.39, 0.29) is 5.69 Å². The van der Waals surface area contributed by atoms with Crippen LogP contribution in [0, 0.1) is 10.1 Å². The van der Waals surface area contributed by atoms with Crippen LogP contribution in [0.2, 0.25) is 0 Å². The minimum Gasteiger partial charge on any atom is -0.468 e. The van der Waals surface area contributed by atoms with Crippen LogP contribution in [0.5, 0.6) is 0 Å². The Morgan fingerprint density at radius 3 is 1.79 bits per heavy atom. The van der Waals surface area contributed by atoms with Crippen molar-refractivity contribution in [3.05, 3.63) is 112 Å². The lowest BCUT2D eigenvalue weighted by atomic mass is 9.70. The summed E-state index contributed by atoms with van der Waals surface area (Å²) < 4.78 is 5.19. The number of carbonyl (C=O) groups excluding carboxylic acids is 1. The predicted molar refractivity (Wildman–Crippen MR) is 107 cm³/mol. The van der Waals surface area contributed by atoms with Gasteiger partial charge in [0.15, 0.2) is 0 Å². The Labute approximate surface area is 163 Å². The highest BCUT2D eigenvalue weighted by Gasteiger charge is 2.45. The van der Waals surface area contributed by atoms with E-state index in [1.165, 1.54) is 13.2 Å². The van der Waals surface area contributed by atoms with Gasteiger partial charge in [0, 0.05) is 11.6 Å². The topological polar surface area (TPSA) is 69.4 Å². The molecule has 0 atom stereocenters. The molecule has 0 bridgehead atoms. The van der Waals surface area contributed by atoms with Crippen LogP contribution in [-0.2, 0) is 27.8 Å². The van der Waals surface area contributed by atoms with Gasteiger partial charge in [0.25, 0.3) is 5.69 Å². The van der Waals surface area contributed by atoms with E-state index in [0.29, 0.717) is 18.4 Å². The molecule has 3 aromatic rings. The predicted octanol–water partition coefficient (Wildman–Crippen LogP) is 4.49. The fourth-order valence-electron chi connectivity index (χ4n) is 3.63. The number of carbonyl (C=O) groups is 1. The molecule has 0 saturated heterocycles. The zero-order valence-electron chi connectivity index (χ0n) is 15.6. The first-order chi connectivity index (χ1) is 13.6. The molecule has 142 valence electrons. The third-order valence-electron chi connectivity index (χ3n) is 4.89. The Morgan fingerprint density at radius 2 is 1.32 bits per heavy atom. The number of methoxy groups -OCH3 is 1. The smallest absolute Gasteiger partial charge is 0.317 e. The molecule has 0 saturated carbocycles. The SMILES string of the molecule is COC(=O)C(Cc1ccccc1)(Cc1ccccc1)c1ccccc1[N+](=O)[O-]. The van der Waals surface area contributed by atoms with Crippen molar-refractivity contribution in [2.45, 2.75) is 18.3 Å². The number of esters is 1. The summed E-state index contributed by atoms with van der Waals surface area (Å²) in [6, 6.07) is 25.4. The minimum atomic E-state index is -1.22. The molecule has 0 spiro atoms. The molecule has 28 heavy (non-hydrogen) atoms. The lowest BCUT2D eigenvalue weighted by Crippen LogP contribution is -2.42. The molecular weight excluding hydrogens is 354 g/mol. The molecule has 5 nitrogen and oxygen atoms in total. The number of nitro benzene ring substituents is 1. The summed E-state index contributed by atoms with van der Waals surface area (Å²) >= 11 is 0. The maximum absolute atomic E-state index is 13.2. The number of benzene rings is 3. The van der Waals surface area contributed by atoms with Gasteiger partial charge in [0.1, 0.15) is 5.41 Å². The van der Waals surface area contributed by atoms with Crippen LogP contribution in [0.15, 0.2) is 84.9 Å². The molecule has 0 N–H and O–H groups in total. The molecule has 3 rings (SSSR count). The van der Waals surface area contributed by atoms with Crippen molar-refractivity contribution >= 4 is 11.7 Å². The Balaban J connectivity index is 2.23. The number of ether oxygens (including phenoxy) is 1. The van der Waals surface area contributed by atoms with E-state index >= 15 is 0 Å². The highest BCUT2D eigenvalue weighted by molar-refractivity contribution is 5.85. The molecule has 5 heteroatoms. The third-order valence-corrected chi connectivity index (χ3v) is 4.89. The first-order valence-electron chi connectivity index (χ1n) is 8.97. The van der Waals surface area contributed by atoms with Crippen molar-refractivity contribution in [3.63, 3.8) is 0 Å². The molecule has 3 aromatic carbocycles. The molecule has 0 aromatic heterocycles. The van der Waals surface area contributed by atoms with E-state index in [9.17, 15) is 14.9 Å². The van der Waals surface area contributed by atoms with Crippen molar-refractivity contribution in [2.24, 2.45) is 0 Å². The summed E-state index contributed by atoms with van der Waals surface area (Å²) in [7, 11) is 1.32. The maximum Gasteiger partial charge on any atom is 0.317 e. The summed E-state index contributed by atoms with van der Waals surface area (Å²) in [6.45, 7) is 0. The van der Waals surface area contributed by atoms with Crippen molar-refractivity contribution in [1.29, 1.82) is 0 Å².